The van der Waals surface area contributed by atoms with E-state index in [0.717, 1.165) is 35.5 Å². The highest BCUT2D eigenvalue weighted by Crippen LogP contribution is 2.30. The van der Waals surface area contributed by atoms with Crippen LogP contribution in [-0.4, -0.2) is 122 Å². The number of hydrogen-bond donors (Lipinski definition) is 6. The van der Waals surface area contributed by atoms with Crippen LogP contribution in [0.1, 0.15) is 44.9 Å². The van der Waals surface area contributed by atoms with Crippen LogP contribution < -0.4 is 30.1 Å². The molecule has 3 aromatic carbocycles. The van der Waals surface area contributed by atoms with Gasteiger partial charge in [0.15, 0.2) is 34.5 Å². The lowest BCUT2D eigenvalue weighted by Gasteiger charge is -2.11. The van der Waals surface area contributed by atoms with Gasteiger partial charge in [-0.15, -0.1) is 15.3 Å². The first-order chi connectivity index (χ1) is 42.8. The van der Waals surface area contributed by atoms with E-state index in [-0.39, 0.29) is 31.5 Å². The molecule has 0 bridgehead atoms. The Bertz CT molecular complexity index is 4530. The maximum Gasteiger partial charge on any atom is 0.413 e. The number of aromatic nitrogens is 12. The number of nitrogens with one attached hydrogen (secondary N) is 6. The van der Waals surface area contributed by atoms with Crippen molar-refractivity contribution in [3.8, 4) is 34.2 Å². The number of pyridine rings is 3. The second-order valence-corrected chi connectivity index (χ2v) is 26.2. The van der Waals surface area contributed by atoms with E-state index in [1.54, 1.807) is 109 Å². The van der Waals surface area contributed by atoms with Gasteiger partial charge < -0.3 is 14.2 Å². The molecule has 6 N–H and O–H groups in total. The molecule has 0 unspecified atom stereocenters. The monoisotopic (exact) mass is 1340 g/mol. The lowest BCUT2D eigenvalue weighted by atomic mass is 10.1. The predicted molar refractivity (Wildman–Crippen MR) is 343 cm³/mol. The fourth-order valence-electron chi connectivity index (χ4n) is 8.08. The van der Waals surface area contributed by atoms with Crippen LogP contribution in [0, 0.1) is 34.6 Å². The third kappa shape index (κ3) is 20.1. The molecule has 30 nitrogen and oxygen atoms in total. The number of ether oxygens (including phenoxy) is 3. The van der Waals surface area contributed by atoms with Gasteiger partial charge in [-0.25, -0.2) is 68.6 Å². The molecule has 0 saturated heterocycles. The minimum absolute atomic E-state index is 0.00379. The number of anilines is 6. The largest absolute Gasteiger partial charge is 0.444 e. The Kier molecular flexibility index (Phi) is 22.4. The summed E-state index contributed by atoms with van der Waals surface area (Å²) in [7, 11) is -5.46. The van der Waals surface area contributed by atoms with E-state index < -0.39 is 48.3 Å². The first kappa shape index (κ1) is 68.7. The van der Waals surface area contributed by atoms with E-state index in [4.69, 9.17) is 37.4 Å². The van der Waals surface area contributed by atoms with Crippen molar-refractivity contribution in [2.75, 3.05) is 48.9 Å². The predicted octanol–water partition coefficient (Wildman–Crippen LogP) is 8.84. The highest BCUT2D eigenvalue weighted by atomic mass is 35.5. The molecule has 0 fully saturated rings. The molecule has 0 aliphatic carbocycles. The first-order valence-electron chi connectivity index (χ1n) is 26.7. The number of benzene rings is 3. The summed E-state index contributed by atoms with van der Waals surface area (Å²) in [5, 5.41) is 32.8. The van der Waals surface area contributed by atoms with Crippen molar-refractivity contribution in [3.63, 3.8) is 0 Å². The Morgan fingerprint density at radius 1 is 0.440 bits per heavy atom. The SMILES string of the molecule is Cc1ccc(Cl)c(COC(=O)Nc2c(-c3ccc(NS(C)(=O)=O)c(C)n3)nnn2C)c1.Cc1cccc(COC(=O)Nc2c(-c3ccc(NS(C)(=O)=O)c(C)n3)nnn2C)c1.Cc1nc(-c2nnn(C)c2NC(=O)OCc2ccccc2Cl)ccc1NS(C)(=O)=O. The fraction of sp³-hybridized carbons (Fsp3) is 0.250. The van der Waals surface area contributed by atoms with Crippen LogP contribution in [0.15, 0.2) is 103 Å². The summed E-state index contributed by atoms with van der Waals surface area (Å²) in [6.45, 7) is 8.96. The molecule has 6 aromatic heterocycles. The molecular weight excluding hydrogens is 1280 g/mol. The zero-order valence-corrected chi connectivity index (χ0v) is 54.6. The number of nitrogens with zero attached hydrogens (tertiary/aromatic N) is 12. The van der Waals surface area contributed by atoms with Crippen LogP contribution in [0.25, 0.3) is 34.2 Å². The van der Waals surface area contributed by atoms with Crippen molar-refractivity contribution in [1.29, 1.82) is 0 Å². The maximum atomic E-state index is 12.4. The molecule has 9 aromatic rings. The summed E-state index contributed by atoms with van der Waals surface area (Å²) >= 11 is 12.2. The summed E-state index contributed by atoms with van der Waals surface area (Å²) in [5.41, 5.74) is 8.87. The van der Waals surface area contributed by atoms with Gasteiger partial charge in [0.2, 0.25) is 30.1 Å². The van der Waals surface area contributed by atoms with Gasteiger partial charge in [0.25, 0.3) is 0 Å². The van der Waals surface area contributed by atoms with Gasteiger partial charge >= 0.3 is 18.3 Å². The number of halogens is 2. The molecule has 35 heteroatoms. The highest BCUT2D eigenvalue weighted by molar-refractivity contribution is 7.92. The number of carbonyl (C=O) groups is 3. The molecule has 480 valence electrons. The van der Waals surface area contributed by atoms with Crippen LogP contribution in [0.4, 0.5) is 48.9 Å². The van der Waals surface area contributed by atoms with Crippen LogP contribution >= 0.6 is 23.2 Å². The van der Waals surface area contributed by atoms with Gasteiger partial charge in [0, 0.05) is 42.3 Å². The van der Waals surface area contributed by atoms with E-state index in [2.05, 4.69) is 76.0 Å². The highest BCUT2D eigenvalue weighted by Gasteiger charge is 2.23. The number of rotatable bonds is 18. The Hall–Kier alpha value is -9.83. The number of amides is 3. The van der Waals surface area contributed by atoms with Crippen molar-refractivity contribution < 1.29 is 53.8 Å². The molecule has 0 aliphatic heterocycles. The molecule has 0 saturated carbocycles. The van der Waals surface area contributed by atoms with E-state index in [9.17, 15) is 39.6 Å². The second-order valence-electron chi connectivity index (χ2n) is 20.1. The Balaban J connectivity index is 0.000000194. The van der Waals surface area contributed by atoms with Crippen molar-refractivity contribution in [2.45, 2.75) is 54.4 Å². The zero-order valence-electron chi connectivity index (χ0n) is 50.7. The van der Waals surface area contributed by atoms with Crippen LogP contribution in [0.2, 0.25) is 10.0 Å². The van der Waals surface area contributed by atoms with Crippen molar-refractivity contribution >= 4 is 106 Å². The average molecular weight is 1350 g/mol. The third-order valence-corrected chi connectivity index (χ3v) is 14.9. The number of carbonyl (C=O) groups excluding carboxylic acids is 3. The molecule has 0 spiro atoms. The van der Waals surface area contributed by atoms with Crippen LogP contribution in [-0.2, 0) is 85.2 Å². The average Bonchev–Trinajstić information content (AvgIpc) is 2.62. The van der Waals surface area contributed by atoms with E-state index in [0.29, 0.717) is 95.3 Å². The Morgan fingerprint density at radius 2 is 0.802 bits per heavy atom. The van der Waals surface area contributed by atoms with Gasteiger partial charge in [-0.1, -0.05) is 105 Å². The number of hydrogen-bond acceptors (Lipinski definition) is 21. The van der Waals surface area contributed by atoms with Crippen molar-refractivity contribution in [3.05, 3.63) is 158 Å². The standard InChI is InChI=1S/C19H21ClN6O4S.C19H22N6O4S.C18H19ClN6O4S/c1-11-5-6-14(20)13(9-11)10-30-19(27)22-18-17(23-25-26(18)3)16-8-7-15(12(2)21-16)24-31(4,28)29;1-12-6-5-7-14(10-12)11-29-19(26)21-18-17(22-24-25(18)3)16-9-8-15(13(2)20-16)23-30(4,27)28;1-11-14(23-30(3,27)28)8-9-15(20-11)16-17(25(2)24-22-16)21-18(26)29-10-12-6-4-5-7-13(12)19/h5-9,24H,10H2,1-4H3,(H,22,27);5-10,23H,11H2,1-4H3,(H,21,26);4-9,23H,10H2,1-3H3,(H,21,26). The number of sulfonamides is 3. The molecule has 3 amide bonds. The fourth-order valence-corrected chi connectivity index (χ4v) is 10.3. The molecule has 0 atom stereocenters. The summed E-state index contributed by atoms with van der Waals surface area (Å²) < 4.78 is 95.8. The molecule has 0 radical (unpaired) electrons. The van der Waals surface area contributed by atoms with Crippen LogP contribution in [0.3, 0.4) is 0 Å². The van der Waals surface area contributed by atoms with Gasteiger partial charge in [-0.3, -0.25) is 30.1 Å². The minimum Gasteiger partial charge on any atom is -0.444 e. The molecule has 9 rings (SSSR count). The Labute approximate surface area is 533 Å². The van der Waals surface area contributed by atoms with E-state index >= 15 is 0 Å². The van der Waals surface area contributed by atoms with Gasteiger partial charge in [-0.2, -0.15) is 0 Å². The smallest absolute Gasteiger partial charge is 0.413 e. The first-order valence-corrected chi connectivity index (χ1v) is 33.1. The summed E-state index contributed by atoms with van der Waals surface area (Å²) in [6, 6.07) is 29.6. The molecule has 0 aliphatic rings. The lowest BCUT2D eigenvalue weighted by Crippen LogP contribution is -2.16. The van der Waals surface area contributed by atoms with Gasteiger partial charge in [0.1, 0.15) is 19.8 Å². The summed E-state index contributed by atoms with van der Waals surface area (Å²) in [6.07, 6.45) is 1.09. The van der Waals surface area contributed by atoms with Gasteiger partial charge in [0.05, 0.1) is 70.0 Å². The van der Waals surface area contributed by atoms with Crippen molar-refractivity contribution in [1.82, 2.24) is 59.9 Å². The van der Waals surface area contributed by atoms with Gasteiger partial charge in [-0.05, 0) is 88.7 Å². The minimum atomic E-state index is -3.44. The Morgan fingerprint density at radius 3 is 1.18 bits per heavy atom. The maximum absolute atomic E-state index is 12.4. The number of aryl methyl sites for hydroxylation is 8. The zero-order chi connectivity index (χ0) is 66.5. The lowest BCUT2D eigenvalue weighted by molar-refractivity contribution is 0.154. The second kappa shape index (κ2) is 29.7. The van der Waals surface area contributed by atoms with E-state index in [1.807, 2.05) is 50.2 Å². The summed E-state index contributed by atoms with van der Waals surface area (Å²) in [5.74, 6) is 0.853. The topological polar surface area (TPSA) is 384 Å². The third-order valence-electron chi connectivity index (χ3n) is 12.3. The van der Waals surface area contributed by atoms with Crippen molar-refractivity contribution in [2.24, 2.45) is 21.1 Å². The normalized spacial score (nSPS) is 11.2. The molecule has 91 heavy (non-hydrogen) atoms. The quantitative estimate of drug-likeness (QED) is 0.0437. The molecular formula is C56H62Cl2N18O12S3. The molecule has 6 heterocycles. The van der Waals surface area contributed by atoms with Crippen LogP contribution in [0.5, 0.6) is 0 Å². The van der Waals surface area contributed by atoms with E-state index in [1.165, 1.54) is 14.0 Å². The summed E-state index contributed by atoms with van der Waals surface area (Å²) in [4.78, 5) is 50.0.